The van der Waals surface area contributed by atoms with E-state index >= 15 is 0 Å². The molecule has 168 valence electrons. The summed E-state index contributed by atoms with van der Waals surface area (Å²) >= 11 is 0. The number of nitrogens with two attached hydrogens (primary N) is 1. The number of aromatic nitrogens is 2. The number of aliphatic imine (C=N–C) groups is 1. The molecule has 2 N–H and O–H groups in total. The van der Waals surface area contributed by atoms with Crippen molar-refractivity contribution in [1.82, 2.24) is 4.98 Å². The van der Waals surface area contributed by atoms with Crippen LogP contribution in [0.15, 0.2) is 83.9 Å². The molecule has 0 aliphatic carbocycles. The van der Waals surface area contributed by atoms with E-state index in [-0.39, 0.29) is 0 Å². The van der Waals surface area contributed by atoms with E-state index in [4.69, 9.17) is 15.7 Å². The third-order valence-electron chi connectivity index (χ3n) is 6.46. The maximum atomic E-state index is 6.32. The lowest BCUT2D eigenvalue weighted by molar-refractivity contribution is -0.538. The minimum absolute atomic E-state index is 0.759. The first-order valence-corrected chi connectivity index (χ1v) is 11.7. The first kappa shape index (κ1) is 21.8. The molecule has 0 aliphatic rings. The second kappa shape index (κ2) is 8.71. The van der Waals surface area contributed by atoms with E-state index in [0.717, 1.165) is 68.0 Å². The summed E-state index contributed by atoms with van der Waals surface area (Å²) in [4.78, 5) is 10.0. The fourth-order valence-corrected chi connectivity index (χ4v) is 4.37. The van der Waals surface area contributed by atoms with Crippen molar-refractivity contribution >= 4 is 39.2 Å². The number of hydrogen-bond acceptors (Lipinski definition) is 3. The van der Waals surface area contributed by atoms with Gasteiger partial charge < -0.3 is 5.73 Å². The molecule has 0 spiro atoms. The van der Waals surface area contributed by atoms with E-state index < -0.39 is 0 Å². The van der Waals surface area contributed by atoms with Crippen LogP contribution in [-0.2, 0) is 6.42 Å². The van der Waals surface area contributed by atoms with Crippen molar-refractivity contribution in [2.24, 2.45) is 4.99 Å². The summed E-state index contributed by atoms with van der Waals surface area (Å²) in [5.41, 5.74) is 18.5. The van der Waals surface area contributed by atoms with E-state index in [2.05, 4.69) is 92.1 Å². The molecule has 0 fully saturated rings. The number of nitrogen functional groups attached to an aromatic ring is 1. The van der Waals surface area contributed by atoms with E-state index in [9.17, 15) is 0 Å². The second-order valence-electron chi connectivity index (χ2n) is 8.86. The molecular weight excluding hydrogens is 416 g/mol. The quantitative estimate of drug-likeness (QED) is 0.147. The molecule has 4 heteroatoms. The van der Waals surface area contributed by atoms with Crippen LogP contribution in [0.25, 0.3) is 27.8 Å². The van der Waals surface area contributed by atoms with Crippen LogP contribution in [0.1, 0.15) is 36.1 Å². The maximum Gasteiger partial charge on any atom is 0.239 e. The highest BCUT2D eigenvalue weighted by molar-refractivity contribution is 6.01. The first-order valence-electron chi connectivity index (χ1n) is 11.7. The highest BCUT2D eigenvalue weighted by Gasteiger charge is 2.21. The average molecular weight is 446 g/mol. The highest BCUT2D eigenvalue weighted by Crippen LogP contribution is 2.28. The van der Waals surface area contributed by atoms with E-state index in [0.29, 0.717) is 0 Å². The third-order valence-corrected chi connectivity index (χ3v) is 6.46. The standard InChI is InChI=1S/C30H28N4/c1-5-22-11-13-23(14-12-22)21(4)32-26-18-30-28(16-20(26)3)33-27-15-19(2)25(31)17-29(27)34(30)24-9-7-6-8-10-24/h6-18,31H,5H2,1-4H3/p+1. The van der Waals surface area contributed by atoms with Crippen LogP contribution in [0, 0.1) is 13.8 Å². The molecule has 0 unspecified atom stereocenters. The van der Waals surface area contributed by atoms with Gasteiger partial charge in [0.15, 0.2) is 0 Å². The number of hydrogen-bond donors (Lipinski definition) is 1. The van der Waals surface area contributed by atoms with Crippen molar-refractivity contribution < 1.29 is 4.57 Å². The molecule has 5 rings (SSSR count). The number of anilines is 1. The Labute approximate surface area is 200 Å². The summed E-state index contributed by atoms with van der Waals surface area (Å²) < 4.78 is 2.23. The normalized spacial score (nSPS) is 11.9. The van der Waals surface area contributed by atoms with Crippen LogP contribution in [0.5, 0.6) is 0 Å². The monoisotopic (exact) mass is 445 g/mol. The van der Waals surface area contributed by atoms with Gasteiger partial charge in [0.05, 0.1) is 5.69 Å². The van der Waals surface area contributed by atoms with Crippen LogP contribution in [0.2, 0.25) is 0 Å². The Hall–Kier alpha value is -4.05. The Morgan fingerprint density at radius 1 is 0.853 bits per heavy atom. The zero-order chi connectivity index (χ0) is 23.8. The lowest BCUT2D eigenvalue weighted by atomic mass is 10.1. The highest BCUT2D eigenvalue weighted by atomic mass is 15.0. The van der Waals surface area contributed by atoms with E-state index in [1.54, 1.807) is 0 Å². The Balaban J connectivity index is 1.77. The third kappa shape index (κ3) is 3.92. The molecule has 0 atom stereocenters. The molecule has 0 bridgehead atoms. The molecule has 0 saturated heterocycles. The zero-order valence-corrected chi connectivity index (χ0v) is 20.1. The number of benzene rings is 4. The van der Waals surface area contributed by atoms with Gasteiger partial charge in [0.2, 0.25) is 16.7 Å². The summed E-state index contributed by atoms with van der Waals surface area (Å²) in [6.45, 7) is 8.35. The van der Waals surface area contributed by atoms with Gasteiger partial charge in [0.25, 0.3) is 0 Å². The van der Waals surface area contributed by atoms with Gasteiger partial charge in [-0.25, -0.2) is 4.98 Å². The maximum absolute atomic E-state index is 6.32. The minimum Gasteiger partial charge on any atom is -0.398 e. The lowest BCUT2D eigenvalue weighted by Gasteiger charge is -2.10. The van der Waals surface area contributed by atoms with Crippen molar-refractivity contribution in [2.45, 2.75) is 34.1 Å². The lowest BCUT2D eigenvalue weighted by Crippen LogP contribution is -2.33. The molecule has 0 aliphatic heterocycles. The van der Waals surface area contributed by atoms with E-state index in [1.807, 2.05) is 19.1 Å². The van der Waals surface area contributed by atoms with Gasteiger partial charge in [-0.05, 0) is 61.6 Å². The Kier molecular flexibility index (Phi) is 5.58. The van der Waals surface area contributed by atoms with Crippen LogP contribution in [0.3, 0.4) is 0 Å². The second-order valence-corrected chi connectivity index (χ2v) is 8.86. The van der Waals surface area contributed by atoms with Crippen LogP contribution in [-0.4, -0.2) is 10.7 Å². The van der Waals surface area contributed by atoms with Gasteiger partial charge in [-0.3, -0.25) is 4.99 Å². The summed E-state index contributed by atoms with van der Waals surface area (Å²) in [7, 11) is 0. The van der Waals surface area contributed by atoms with Gasteiger partial charge in [0, 0.05) is 35.7 Å². The molecule has 0 amide bonds. The first-order chi connectivity index (χ1) is 16.4. The Morgan fingerprint density at radius 2 is 1.50 bits per heavy atom. The summed E-state index contributed by atoms with van der Waals surface area (Å²) in [6.07, 6.45) is 1.03. The molecular formula is C30H29N4+. The topological polar surface area (TPSA) is 55.1 Å². The molecule has 4 aromatic carbocycles. The average Bonchev–Trinajstić information content (AvgIpc) is 2.85. The van der Waals surface area contributed by atoms with Crippen molar-refractivity contribution in [1.29, 1.82) is 0 Å². The van der Waals surface area contributed by atoms with Gasteiger partial charge in [-0.15, -0.1) is 4.57 Å². The van der Waals surface area contributed by atoms with Gasteiger partial charge in [-0.1, -0.05) is 49.4 Å². The van der Waals surface area contributed by atoms with Crippen LogP contribution >= 0.6 is 0 Å². The van der Waals surface area contributed by atoms with Crippen LogP contribution < -0.4 is 10.3 Å². The Bertz CT molecular complexity index is 1550. The summed E-state index contributed by atoms with van der Waals surface area (Å²) in [6, 6.07) is 27.4. The van der Waals surface area contributed by atoms with Crippen molar-refractivity contribution in [3.63, 3.8) is 0 Å². The molecule has 1 aromatic heterocycles. The van der Waals surface area contributed by atoms with E-state index in [1.165, 1.54) is 5.56 Å². The fraction of sp³-hybridized carbons (Fsp3) is 0.167. The number of para-hydroxylation sites is 1. The SMILES string of the molecule is CCc1ccc(C(C)=Nc2cc3c(cc2C)nc2cc(C)c(N)cc2[n+]3-c2ccccc2)cc1. The largest absolute Gasteiger partial charge is 0.398 e. The summed E-state index contributed by atoms with van der Waals surface area (Å²) in [5.74, 6) is 0. The van der Waals surface area contributed by atoms with Crippen molar-refractivity contribution in [3.8, 4) is 5.69 Å². The molecule has 1 heterocycles. The van der Waals surface area contributed by atoms with Gasteiger partial charge in [0.1, 0.15) is 11.0 Å². The molecule has 4 nitrogen and oxygen atoms in total. The fourth-order valence-electron chi connectivity index (χ4n) is 4.37. The van der Waals surface area contributed by atoms with Gasteiger partial charge >= 0.3 is 0 Å². The van der Waals surface area contributed by atoms with Crippen LogP contribution in [0.4, 0.5) is 11.4 Å². The smallest absolute Gasteiger partial charge is 0.239 e. The Morgan fingerprint density at radius 3 is 2.18 bits per heavy atom. The molecule has 0 saturated carbocycles. The summed E-state index contributed by atoms with van der Waals surface area (Å²) in [5, 5.41) is 0. The zero-order valence-electron chi connectivity index (χ0n) is 20.1. The number of fused-ring (bicyclic) bond motifs is 2. The molecule has 5 aromatic rings. The number of aryl methyl sites for hydroxylation is 3. The minimum atomic E-state index is 0.759. The molecule has 34 heavy (non-hydrogen) atoms. The predicted molar refractivity (Wildman–Crippen MR) is 142 cm³/mol. The van der Waals surface area contributed by atoms with Crippen molar-refractivity contribution in [2.75, 3.05) is 5.73 Å². The number of nitrogens with zero attached hydrogens (tertiary/aromatic N) is 3. The van der Waals surface area contributed by atoms with Gasteiger partial charge in [-0.2, -0.15) is 0 Å². The number of rotatable bonds is 4. The molecule has 0 radical (unpaired) electrons. The van der Waals surface area contributed by atoms with Crippen molar-refractivity contribution in [3.05, 3.63) is 101 Å². The predicted octanol–water partition coefficient (Wildman–Crippen LogP) is 6.57.